The lowest BCUT2D eigenvalue weighted by atomic mass is 10.2. The van der Waals surface area contributed by atoms with Crippen molar-refractivity contribution in [1.29, 1.82) is 0 Å². The van der Waals surface area contributed by atoms with E-state index in [0.717, 1.165) is 25.3 Å². The fraction of sp³-hybridized carbons (Fsp3) is 0.400. The Hall–Kier alpha value is -2.21. The first kappa shape index (κ1) is 13.8. The van der Waals surface area contributed by atoms with Crippen molar-refractivity contribution < 1.29 is 9.32 Å². The van der Waals surface area contributed by atoms with E-state index in [2.05, 4.69) is 15.0 Å². The second-order valence-corrected chi connectivity index (χ2v) is 5.21. The number of carbonyl (C=O) groups excluding carboxylic acids is 1. The molecule has 110 valence electrons. The average molecular weight is 286 g/mol. The Bertz CT molecular complexity index is 603. The summed E-state index contributed by atoms with van der Waals surface area (Å²) >= 11 is 0. The highest BCUT2D eigenvalue weighted by Gasteiger charge is 2.24. The Labute approximate surface area is 123 Å². The number of pyridine rings is 1. The smallest absolute Gasteiger partial charge is 0.276 e. The molecule has 21 heavy (non-hydrogen) atoms. The molecule has 0 spiro atoms. The SMILES string of the molecule is Cc1cc(C(=O)N2CCN(Cc3ccccn3)CC2)no1. The first-order valence-electron chi connectivity index (χ1n) is 7.07. The van der Waals surface area contributed by atoms with Gasteiger partial charge in [0.2, 0.25) is 0 Å². The Morgan fingerprint density at radius 2 is 2.10 bits per heavy atom. The molecule has 6 heteroatoms. The van der Waals surface area contributed by atoms with Gasteiger partial charge in [0.25, 0.3) is 5.91 Å². The fourth-order valence-electron chi connectivity index (χ4n) is 2.46. The summed E-state index contributed by atoms with van der Waals surface area (Å²) in [5.41, 5.74) is 1.45. The summed E-state index contributed by atoms with van der Waals surface area (Å²) in [5, 5.41) is 3.79. The van der Waals surface area contributed by atoms with Gasteiger partial charge in [-0.2, -0.15) is 0 Å². The molecule has 0 saturated carbocycles. The Balaban J connectivity index is 1.54. The monoisotopic (exact) mass is 286 g/mol. The van der Waals surface area contributed by atoms with Gasteiger partial charge < -0.3 is 9.42 Å². The zero-order valence-corrected chi connectivity index (χ0v) is 12.0. The number of hydrogen-bond donors (Lipinski definition) is 0. The maximum atomic E-state index is 12.3. The lowest BCUT2D eigenvalue weighted by Crippen LogP contribution is -2.48. The summed E-state index contributed by atoms with van der Waals surface area (Å²) in [6.07, 6.45) is 1.81. The highest BCUT2D eigenvalue weighted by molar-refractivity contribution is 5.92. The van der Waals surface area contributed by atoms with Gasteiger partial charge in [-0.1, -0.05) is 11.2 Å². The molecule has 1 amide bonds. The van der Waals surface area contributed by atoms with Gasteiger partial charge in [0.1, 0.15) is 5.76 Å². The van der Waals surface area contributed by atoms with E-state index in [1.807, 2.05) is 29.3 Å². The molecule has 3 heterocycles. The molecule has 0 N–H and O–H groups in total. The molecule has 3 rings (SSSR count). The minimum atomic E-state index is -0.0515. The second kappa shape index (κ2) is 6.05. The Kier molecular flexibility index (Phi) is 3.96. The van der Waals surface area contributed by atoms with Crippen LogP contribution in [0.15, 0.2) is 35.0 Å². The maximum Gasteiger partial charge on any atom is 0.276 e. The zero-order chi connectivity index (χ0) is 14.7. The van der Waals surface area contributed by atoms with Gasteiger partial charge >= 0.3 is 0 Å². The van der Waals surface area contributed by atoms with E-state index in [-0.39, 0.29) is 5.91 Å². The highest BCUT2D eigenvalue weighted by atomic mass is 16.5. The van der Waals surface area contributed by atoms with Crippen LogP contribution in [0.25, 0.3) is 0 Å². The van der Waals surface area contributed by atoms with Crippen LogP contribution in [0.2, 0.25) is 0 Å². The molecular formula is C15H18N4O2. The third kappa shape index (κ3) is 3.28. The van der Waals surface area contributed by atoms with Crippen molar-refractivity contribution in [2.24, 2.45) is 0 Å². The molecule has 1 saturated heterocycles. The number of aryl methyl sites for hydroxylation is 1. The first-order valence-corrected chi connectivity index (χ1v) is 7.07. The van der Waals surface area contributed by atoms with Crippen LogP contribution < -0.4 is 0 Å². The predicted molar refractivity (Wildman–Crippen MR) is 76.7 cm³/mol. The van der Waals surface area contributed by atoms with Crippen molar-refractivity contribution in [3.8, 4) is 0 Å². The minimum Gasteiger partial charge on any atom is -0.361 e. The molecule has 1 aliphatic heterocycles. The van der Waals surface area contributed by atoms with Gasteiger partial charge in [-0.05, 0) is 19.1 Å². The first-order chi connectivity index (χ1) is 10.2. The third-order valence-corrected chi connectivity index (χ3v) is 3.62. The van der Waals surface area contributed by atoms with Crippen LogP contribution in [-0.2, 0) is 6.54 Å². The minimum absolute atomic E-state index is 0.0515. The quantitative estimate of drug-likeness (QED) is 0.852. The molecule has 0 radical (unpaired) electrons. The standard InChI is InChI=1S/C15H18N4O2/c1-12-10-14(17-21-12)15(20)19-8-6-18(7-9-19)11-13-4-2-3-5-16-13/h2-5,10H,6-9,11H2,1H3. The van der Waals surface area contributed by atoms with Gasteiger partial charge in [0.05, 0.1) is 5.69 Å². The van der Waals surface area contributed by atoms with Crippen LogP contribution in [0.1, 0.15) is 21.9 Å². The van der Waals surface area contributed by atoms with Gasteiger partial charge in [-0.25, -0.2) is 0 Å². The van der Waals surface area contributed by atoms with Crippen LogP contribution in [0, 0.1) is 6.92 Å². The third-order valence-electron chi connectivity index (χ3n) is 3.62. The summed E-state index contributed by atoms with van der Waals surface area (Å²) < 4.78 is 4.96. The number of rotatable bonds is 3. The number of hydrogen-bond acceptors (Lipinski definition) is 5. The number of carbonyl (C=O) groups is 1. The summed E-state index contributed by atoms with van der Waals surface area (Å²) in [4.78, 5) is 20.7. The van der Waals surface area contributed by atoms with Crippen LogP contribution in [0.3, 0.4) is 0 Å². The topological polar surface area (TPSA) is 62.5 Å². The molecule has 0 unspecified atom stereocenters. The van der Waals surface area contributed by atoms with E-state index in [9.17, 15) is 4.79 Å². The normalized spacial score (nSPS) is 16.1. The molecule has 0 aliphatic carbocycles. The van der Waals surface area contributed by atoms with E-state index in [1.165, 1.54) is 0 Å². The number of nitrogens with zero attached hydrogens (tertiary/aromatic N) is 4. The van der Waals surface area contributed by atoms with Gasteiger partial charge in [-0.3, -0.25) is 14.7 Å². The number of amides is 1. The number of aromatic nitrogens is 2. The molecule has 6 nitrogen and oxygen atoms in total. The van der Waals surface area contributed by atoms with Crippen LogP contribution in [0.4, 0.5) is 0 Å². The van der Waals surface area contributed by atoms with Crippen LogP contribution >= 0.6 is 0 Å². The van der Waals surface area contributed by atoms with E-state index < -0.39 is 0 Å². The van der Waals surface area contributed by atoms with E-state index in [1.54, 1.807) is 13.0 Å². The largest absolute Gasteiger partial charge is 0.361 e. The molecular weight excluding hydrogens is 268 g/mol. The van der Waals surface area contributed by atoms with Crippen molar-refractivity contribution >= 4 is 5.91 Å². The Morgan fingerprint density at radius 1 is 1.29 bits per heavy atom. The van der Waals surface area contributed by atoms with E-state index >= 15 is 0 Å². The zero-order valence-electron chi connectivity index (χ0n) is 12.0. The highest BCUT2D eigenvalue weighted by Crippen LogP contribution is 2.11. The number of piperazine rings is 1. The molecule has 1 fully saturated rings. The molecule has 0 aromatic carbocycles. The maximum absolute atomic E-state index is 12.3. The summed E-state index contributed by atoms with van der Waals surface area (Å²) in [7, 11) is 0. The molecule has 2 aromatic rings. The van der Waals surface area contributed by atoms with E-state index in [4.69, 9.17) is 4.52 Å². The van der Waals surface area contributed by atoms with E-state index in [0.29, 0.717) is 24.5 Å². The Morgan fingerprint density at radius 3 is 2.71 bits per heavy atom. The van der Waals surface area contributed by atoms with Crippen molar-refractivity contribution in [2.45, 2.75) is 13.5 Å². The van der Waals surface area contributed by atoms with Gasteiger partial charge in [-0.15, -0.1) is 0 Å². The summed E-state index contributed by atoms with van der Waals surface area (Å²) in [6.45, 7) is 5.72. The molecule has 0 atom stereocenters. The lowest BCUT2D eigenvalue weighted by molar-refractivity contribution is 0.0617. The average Bonchev–Trinajstić information content (AvgIpc) is 2.95. The van der Waals surface area contributed by atoms with Crippen LogP contribution in [0.5, 0.6) is 0 Å². The molecule has 2 aromatic heterocycles. The summed E-state index contributed by atoms with van der Waals surface area (Å²) in [5.74, 6) is 0.608. The summed E-state index contributed by atoms with van der Waals surface area (Å²) in [6, 6.07) is 7.62. The van der Waals surface area contributed by atoms with Crippen molar-refractivity contribution in [2.75, 3.05) is 26.2 Å². The second-order valence-electron chi connectivity index (χ2n) is 5.21. The van der Waals surface area contributed by atoms with Gasteiger partial charge in [0.15, 0.2) is 5.69 Å². The van der Waals surface area contributed by atoms with Crippen LogP contribution in [-0.4, -0.2) is 52.0 Å². The molecule has 1 aliphatic rings. The predicted octanol–water partition coefficient (Wildman–Crippen LogP) is 1.34. The molecule has 0 bridgehead atoms. The van der Waals surface area contributed by atoms with Crippen molar-refractivity contribution in [1.82, 2.24) is 19.9 Å². The van der Waals surface area contributed by atoms with Crippen molar-refractivity contribution in [3.05, 3.63) is 47.6 Å². The fourth-order valence-corrected chi connectivity index (χ4v) is 2.46. The van der Waals surface area contributed by atoms with Crippen molar-refractivity contribution in [3.63, 3.8) is 0 Å². The lowest BCUT2D eigenvalue weighted by Gasteiger charge is -2.34. The van der Waals surface area contributed by atoms with Gasteiger partial charge in [0, 0.05) is 45.0 Å².